The van der Waals surface area contributed by atoms with Gasteiger partial charge in [-0.15, -0.1) is 0 Å². The van der Waals surface area contributed by atoms with Crippen LogP contribution >= 0.6 is 11.6 Å². The normalized spacial score (nSPS) is 12.2. The van der Waals surface area contributed by atoms with Gasteiger partial charge >= 0.3 is 6.18 Å². The average Bonchev–Trinajstić information content (AvgIpc) is 2.88. The van der Waals surface area contributed by atoms with Crippen molar-refractivity contribution in [2.45, 2.75) is 25.6 Å². The summed E-state index contributed by atoms with van der Waals surface area (Å²) in [4.78, 5) is 22.2. The maximum atomic E-state index is 13.3. The Hall–Kier alpha value is -4.25. The van der Waals surface area contributed by atoms with E-state index in [2.05, 4.69) is 20.6 Å². The fourth-order valence-electron chi connectivity index (χ4n) is 4.12. The van der Waals surface area contributed by atoms with Crippen LogP contribution in [0.25, 0.3) is 10.9 Å². The van der Waals surface area contributed by atoms with Gasteiger partial charge in [-0.2, -0.15) is 13.2 Å². The van der Waals surface area contributed by atoms with Crippen molar-refractivity contribution in [1.29, 1.82) is 0 Å². The van der Waals surface area contributed by atoms with E-state index in [1.165, 1.54) is 18.1 Å². The summed E-state index contributed by atoms with van der Waals surface area (Å²) in [6.07, 6.45) is -4.33. The van der Waals surface area contributed by atoms with Gasteiger partial charge in [0, 0.05) is 48.2 Å². The Morgan fingerprint density at radius 2 is 1.77 bits per heavy atom. The van der Waals surface area contributed by atoms with E-state index in [1.807, 2.05) is 18.2 Å². The van der Waals surface area contributed by atoms with Gasteiger partial charge in [-0.05, 0) is 66.6 Å². The van der Waals surface area contributed by atoms with Crippen LogP contribution in [0.2, 0.25) is 5.28 Å². The number of hydrogen-bond acceptors (Lipinski definition) is 7. The van der Waals surface area contributed by atoms with Gasteiger partial charge in [0.2, 0.25) is 11.2 Å². The number of nitrogens with two attached hydrogens (primary N) is 1. The van der Waals surface area contributed by atoms with Crippen molar-refractivity contribution < 1.29 is 22.7 Å². The Morgan fingerprint density at radius 3 is 2.45 bits per heavy atom. The van der Waals surface area contributed by atoms with Crippen LogP contribution in [0, 0.1) is 0 Å². The lowest BCUT2D eigenvalue weighted by Gasteiger charge is -2.19. The maximum Gasteiger partial charge on any atom is 0.416 e. The summed E-state index contributed by atoms with van der Waals surface area (Å²) < 4.78 is 45.5. The lowest BCUT2D eigenvalue weighted by atomic mass is 10.0. The zero-order valence-electron chi connectivity index (χ0n) is 22.2. The van der Waals surface area contributed by atoms with Gasteiger partial charge < -0.3 is 26.0 Å². The third kappa shape index (κ3) is 6.66. The Bertz CT molecular complexity index is 1560. The van der Waals surface area contributed by atoms with E-state index >= 15 is 0 Å². The van der Waals surface area contributed by atoms with E-state index in [-0.39, 0.29) is 23.3 Å². The van der Waals surface area contributed by atoms with Crippen molar-refractivity contribution in [3.05, 3.63) is 76.6 Å². The molecule has 8 nitrogen and oxygen atoms in total. The number of methoxy groups -OCH3 is 1. The standard InChI is InChI=1S/C28H28ClF3N6O2/c1-15(17-9-18(28(30,31)32)12-19(33)10-17)34-26-22-13-20(7-8-23(22)36-27(29)37-26)35-21-6-5-16(24(14-21)40-4)11-25(39)38(2)3/h5-10,12-15,35H,11,33H2,1-4H3,(H,34,36,37)/t15-/m1/s1. The molecule has 1 amide bonds. The highest BCUT2D eigenvalue weighted by Crippen LogP contribution is 2.35. The minimum absolute atomic E-state index is 0.00284. The summed E-state index contributed by atoms with van der Waals surface area (Å²) >= 11 is 6.15. The number of hydrogen-bond donors (Lipinski definition) is 3. The van der Waals surface area contributed by atoms with Gasteiger partial charge in [0.05, 0.1) is 30.7 Å². The Kier molecular flexibility index (Phi) is 8.24. The Morgan fingerprint density at radius 1 is 1.07 bits per heavy atom. The molecule has 0 aliphatic heterocycles. The summed E-state index contributed by atoms with van der Waals surface area (Å²) in [6, 6.07) is 13.7. The van der Waals surface area contributed by atoms with Crippen molar-refractivity contribution in [3.63, 3.8) is 0 Å². The molecule has 0 radical (unpaired) electrons. The number of likely N-dealkylation sites (N-methyl/N-ethyl adjacent to an activating group) is 1. The molecule has 0 unspecified atom stereocenters. The number of rotatable bonds is 8. The van der Waals surface area contributed by atoms with Crippen LogP contribution in [0.3, 0.4) is 0 Å². The second-order valence-electron chi connectivity index (χ2n) is 9.44. The van der Waals surface area contributed by atoms with Gasteiger partial charge in [0.1, 0.15) is 11.6 Å². The number of anilines is 4. The number of nitrogen functional groups attached to an aromatic ring is 1. The largest absolute Gasteiger partial charge is 0.496 e. The second-order valence-corrected chi connectivity index (χ2v) is 9.78. The van der Waals surface area contributed by atoms with E-state index in [1.54, 1.807) is 39.2 Å². The lowest BCUT2D eigenvalue weighted by Crippen LogP contribution is -2.23. The molecule has 3 aromatic carbocycles. The fraction of sp³-hybridized carbons (Fsp3) is 0.250. The Labute approximate surface area is 234 Å². The lowest BCUT2D eigenvalue weighted by molar-refractivity contribution is -0.137. The molecule has 0 aliphatic carbocycles. The molecule has 1 heterocycles. The number of amides is 1. The first-order chi connectivity index (χ1) is 18.8. The van der Waals surface area contributed by atoms with E-state index in [4.69, 9.17) is 22.1 Å². The molecule has 0 saturated carbocycles. The SMILES string of the molecule is COc1cc(Nc2ccc3nc(Cl)nc(N[C@H](C)c4cc(N)cc(C(F)(F)F)c4)c3c2)ccc1CC(=O)N(C)C. The molecule has 4 aromatic rings. The van der Waals surface area contributed by atoms with Gasteiger partial charge in [-0.1, -0.05) is 6.07 Å². The molecule has 0 saturated heterocycles. The third-order valence-corrected chi connectivity index (χ3v) is 6.41. The first-order valence-corrected chi connectivity index (χ1v) is 12.6. The second kappa shape index (κ2) is 11.5. The predicted octanol–water partition coefficient (Wildman–Crippen LogP) is 6.44. The third-order valence-electron chi connectivity index (χ3n) is 6.24. The number of carbonyl (C=O) groups is 1. The highest BCUT2D eigenvalue weighted by atomic mass is 35.5. The van der Waals surface area contributed by atoms with Gasteiger partial charge in [0.15, 0.2) is 0 Å². The summed E-state index contributed by atoms with van der Waals surface area (Å²) in [6.45, 7) is 1.70. The highest BCUT2D eigenvalue weighted by molar-refractivity contribution is 6.28. The number of fused-ring (bicyclic) bond motifs is 1. The number of benzene rings is 3. The van der Waals surface area contributed by atoms with Crippen LogP contribution in [0.5, 0.6) is 5.75 Å². The van der Waals surface area contributed by atoms with Crippen LogP contribution in [0.4, 0.5) is 36.1 Å². The molecule has 1 atom stereocenters. The summed E-state index contributed by atoms with van der Waals surface area (Å²) in [5, 5.41) is 7.03. The molecule has 0 bridgehead atoms. The number of alkyl halides is 3. The van der Waals surface area contributed by atoms with Crippen molar-refractivity contribution >= 4 is 51.3 Å². The minimum atomic E-state index is -4.53. The van der Waals surface area contributed by atoms with Crippen molar-refractivity contribution in [3.8, 4) is 5.75 Å². The van der Waals surface area contributed by atoms with E-state index in [0.29, 0.717) is 33.7 Å². The predicted molar refractivity (Wildman–Crippen MR) is 151 cm³/mol. The van der Waals surface area contributed by atoms with Crippen LogP contribution in [-0.2, 0) is 17.4 Å². The number of carbonyl (C=O) groups excluding carboxylic acids is 1. The zero-order chi connectivity index (χ0) is 29.2. The van der Waals surface area contributed by atoms with Crippen LogP contribution in [-0.4, -0.2) is 42.0 Å². The van der Waals surface area contributed by atoms with Gasteiger partial charge in [-0.25, -0.2) is 9.97 Å². The van der Waals surface area contributed by atoms with Crippen LogP contribution < -0.4 is 21.1 Å². The van der Waals surface area contributed by atoms with E-state index in [0.717, 1.165) is 23.4 Å². The molecule has 0 aliphatic rings. The van der Waals surface area contributed by atoms with Crippen molar-refractivity contribution in [1.82, 2.24) is 14.9 Å². The van der Waals surface area contributed by atoms with Gasteiger partial charge in [-0.3, -0.25) is 4.79 Å². The smallest absolute Gasteiger partial charge is 0.416 e. The zero-order valence-corrected chi connectivity index (χ0v) is 23.0. The number of nitrogens with one attached hydrogen (secondary N) is 2. The molecule has 1 aromatic heterocycles. The monoisotopic (exact) mass is 572 g/mol. The molecule has 210 valence electrons. The summed E-state index contributed by atoms with van der Waals surface area (Å²) in [7, 11) is 4.93. The highest BCUT2D eigenvalue weighted by Gasteiger charge is 2.31. The maximum absolute atomic E-state index is 13.3. The molecule has 12 heteroatoms. The van der Waals surface area contributed by atoms with Crippen molar-refractivity contribution in [2.24, 2.45) is 0 Å². The Balaban J connectivity index is 1.63. The molecule has 0 spiro atoms. The molecular formula is C28H28ClF3N6O2. The van der Waals surface area contributed by atoms with E-state index < -0.39 is 17.8 Å². The number of ether oxygens (including phenoxy) is 1. The number of halogens is 4. The summed E-state index contributed by atoms with van der Waals surface area (Å²) in [5.74, 6) is 0.860. The minimum Gasteiger partial charge on any atom is -0.496 e. The molecular weight excluding hydrogens is 545 g/mol. The van der Waals surface area contributed by atoms with Crippen LogP contribution in [0.15, 0.2) is 54.6 Å². The molecule has 0 fully saturated rings. The van der Waals surface area contributed by atoms with E-state index in [9.17, 15) is 18.0 Å². The average molecular weight is 573 g/mol. The number of nitrogens with zero attached hydrogens (tertiary/aromatic N) is 3. The summed E-state index contributed by atoms with van der Waals surface area (Å²) in [5.41, 5.74) is 7.96. The van der Waals surface area contributed by atoms with Crippen LogP contribution in [0.1, 0.15) is 29.7 Å². The van der Waals surface area contributed by atoms with Gasteiger partial charge in [0.25, 0.3) is 0 Å². The van der Waals surface area contributed by atoms with Crippen molar-refractivity contribution in [2.75, 3.05) is 37.6 Å². The molecule has 4 N–H and O–H groups in total. The number of aromatic nitrogens is 2. The fourth-order valence-corrected chi connectivity index (χ4v) is 4.30. The topological polar surface area (TPSA) is 105 Å². The first kappa shape index (κ1) is 28.8. The molecule has 40 heavy (non-hydrogen) atoms. The molecule has 4 rings (SSSR count). The quantitative estimate of drug-likeness (QED) is 0.165. The first-order valence-electron chi connectivity index (χ1n) is 12.2.